The summed E-state index contributed by atoms with van der Waals surface area (Å²) in [5.41, 5.74) is 1.77. The molecule has 5 nitrogen and oxygen atoms in total. The molecule has 3 rings (SSSR count). The molecule has 0 aromatic heterocycles. The van der Waals surface area contributed by atoms with Crippen LogP contribution in [0.15, 0.2) is 66.7 Å². The molecule has 0 aliphatic heterocycles. The first-order valence-corrected chi connectivity index (χ1v) is 14.5. The summed E-state index contributed by atoms with van der Waals surface area (Å²) in [6.45, 7) is 6.03. The number of aromatic carboxylic acids is 1. The summed E-state index contributed by atoms with van der Waals surface area (Å²) >= 11 is 0. The van der Waals surface area contributed by atoms with Gasteiger partial charge in [-0.15, -0.1) is 0 Å². The molecule has 0 aliphatic carbocycles. The van der Waals surface area contributed by atoms with Crippen molar-refractivity contribution in [3.05, 3.63) is 77.9 Å². The Hall–Kier alpha value is -3.81. The van der Waals surface area contributed by atoms with Crippen molar-refractivity contribution in [1.82, 2.24) is 0 Å². The van der Waals surface area contributed by atoms with E-state index in [4.69, 9.17) is 9.47 Å². The van der Waals surface area contributed by atoms with E-state index in [0.29, 0.717) is 18.6 Å². The van der Waals surface area contributed by atoms with E-state index in [-0.39, 0.29) is 16.7 Å². The van der Waals surface area contributed by atoms with Gasteiger partial charge in [0.2, 0.25) is 6.10 Å². The Morgan fingerprint density at radius 1 is 0.810 bits per heavy atom. The quantitative estimate of drug-likeness (QED) is 0.142. The van der Waals surface area contributed by atoms with Crippen LogP contribution >= 0.6 is 0 Å². The smallest absolute Gasteiger partial charge is 0.429 e. The lowest BCUT2D eigenvalue weighted by atomic mass is 9.93. The van der Waals surface area contributed by atoms with Gasteiger partial charge >= 0.3 is 18.1 Å². The van der Waals surface area contributed by atoms with Gasteiger partial charge in [-0.3, -0.25) is 4.79 Å². The topological polar surface area (TPSA) is 72.8 Å². The van der Waals surface area contributed by atoms with Gasteiger partial charge in [-0.25, -0.2) is 4.79 Å². The second-order valence-electron chi connectivity index (χ2n) is 10.5. The average molecular weight is 585 g/mol. The summed E-state index contributed by atoms with van der Waals surface area (Å²) in [5, 5.41) is 9.73. The zero-order valence-electron chi connectivity index (χ0n) is 24.4. The van der Waals surface area contributed by atoms with Crippen LogP contribution in [0.4, 0.5) is 13.2 Å². The van der Waals surface area contributed by atoms with Gasteiger partial charge in [0.1, 0.15) is 5.75 Å². The van der Waals surface area contributed by atoms with Crippen molar-refractivity contribution in [3.8, 4) is 28.0 Å². The third kappa shape index (κ3) is 9.10. The zero-order valence-corrected chi connectivity index (χ0v) is 24.4. The number of esters is 1. The minimum absolute atomic E-state index is 0.0961. The predicted octanol–water partition coefficient (Wildman–Crippen LogP) is 9.65. The Kier molecular flexibility index (Phi) is 12.0. The summed E-state index contributed by atoms with van der Waals surface area (Å²) in [6, 6.07) is 17.8. The van der Waals surface area contributed by atoms with E-state index in [9.17, 15) is 27.9 Å². The molecule has 0 saturated heterocycles. The molecule has 2 unspecified atom stereocenters. The van der Waals surface area contributed by atoms with Crippen LogP contribution in [0.2, 0.25) is 0 Å². The molecule has 0 spiro atoms. The molecule has 1 N–H and O–H groups in total. The van der Waals surface area contributed by atoms with Gasteiger partial charge in [-0.2, -0.15) is 13.2 Å². The summed E-state index contributed by atoms with van der Waals surface area (Å²) in [4.78, 5) is 24.1. The molecule has 0 heterocycles. The highest BCUT2D eigenvalue weighted by Crippen LogP contribution is 2.39. The van der Waals surface area contributed by atoms with E-state index < -0.39 is 30.1 Å². The molecule has 226 valence electrons. The second kappa shape index (κ2) is 15.4. The van der Waals surface area contributed by atoms with Gasteiger partial charge in [-0.05, 0) is 59.4 Å². The van der Waals surface area contributed by atoms with Gasteiger partial charge in [0.15, 0.2) is 0 Å². The van der Waals surface area contributed by atoms with Gasteiger partial charge in [-0.1, -0.05) is 95.3 Å². The zero-order chi connectivity index (χ0) is 30.7. The molecule has 0 bridgehead atoms. The minimum atomic E-state index is -4.88. The Morgan fingerprint density at radius 3 is 1.95 bits per heavy atom. The number of carboxylic acids is 1. The minimum Gasteiger partial charge on any atom is -0.494 e. The first-order chi connectivity index (χ1) is 20.0. The number of hydrogen-bond donors (Lipinski definition) is 1. The van der Waals surface area contributed by atoms with Crippen LogP contribution in [0.1, 0.15) is 87.7 Å². The monoisotopic (exact) mass is 584 g/mol. The van der Waals surface area contributed by atoms with Crippen LogP contribution in [-0.4, -0.2) is 29.8 Å². The number of carbonyl (C=O) groups is 2. The molecule has 0 radical (unpaired) electrons. The highest BCUT2D eigenvalue weighted by Gasteiger charge is 2.44. The molecule has 42 heavy (non-hydrogen) atoms. The maximum Gasteiger partial charge on any atom is 0.429 e. The number of alkyl halides is 3. The van der Waals surface area contributed by atoms with Crippen molar-refractivity contribution in [2.24, 2.45) is 5.92 Å². The van der Waals surface area contributed by atoms with Crippen molar-refractivity contribution in [2.75, 3.05) is 6.61 Å². The summed E-state index contributed by atoms with van der Waals surface area (Å²) in [5.74, 6) is -2.18. The van der Waals surface area contributed by atoms with E-state index in [1.54, 1.807) is 31.2 Å². The van der Waals surface area contributed by atoms with Crippen molar-refractivity contribution in [2.45, 2.75) is 78.0 Å². The van der Waals surface area contributed by atoms with E-state index in [0.717, 1.165) is 47.9 Å². The van der Waals surface area contributed by atoms with Crippen LogP contribution in [-0.2, 0) is 9.53 Å². The number of ether oxygens (including phenoxy) is 2. The first kappa shape index (κ1) is 32.7. The second-order valence-corrected chi connectivity index (χ2v) is 10.5. The molecule has 2 atom stereocenters. The van der Waals surface area contributed by atoms with Crippen molar-refractivity contribution in [3.63, 3.8) is 0 Å². The standard InChI is InChI=1S/C34H39F3O5/c1-4-6-7-8-9-10-21-41-28-18-15-25(16-19-28)24-11-13-26(14-12-24)30-22-27(17-20-29(30)32(38)39)31(34(35,36)37)42-33(40)23(3)5-2/h11-20,22-23,31H,4-10,21H2,1-3H3,(H,38,39). The molecule has 8 heteroatoms. The number of carboxylic acid groups (broad SMARTS) is 1. The molecular weight excluding hydrogens is 545 g/mol. The van der Waals surface area contributed by atoms with Gasteiger partial charge in [0.05, 0.1) is 18.1 Å². The Morgan fingerprint density at radius 2 is 1.38 bits per heavy atom. The lowest BCUT2D eigenvalue weighted by Gasteiger charge is -2.23. The van der Waals surface area contributed by atoms with E-state index >= 15 is 0 Å². The Labute approximate surface area is 245 Å². The number of rotatable bonds is 15. The number of carbonyl (C=O) groups excluding carboxylic acids is 1. The molecule has 0 amide bonds. The summed E-state index contributed by atoms with van der Waals surface area (Å²) < 4.78 is 52.5. The third-order valence-corrected chi connectivity index (χ3v) is 7.27. The number of unbranched alkanes of at least 4 members (excludes halogenated alkanes) is 5. The van der Waals surface area contributed by atoms with E-state index in [1.807, 2.05) is 24.3 Å². The SMILES string of the molecule is CCCCCCCCOc1ccc(-c2ccc(-c3cc(C(OC(=O)C(C)CC)C(F)(F)F)ccc3C(=O)O)cc2)cc1. The molecule has 0 saturated carbocycles. The molecular formula is C34H39F3O5. The summed E-state index contributed by atoms with van der Waals surface area (Å²) in [6.07, 6.45) is 0.0721. The molecule has 3 aromatic rings. The van der Waals surface area contributed by atoms with Crippen LogP contribution in [0.5, 0.6) is 5.75 Å². The van der Waals surface area contributed by atoms with Crippen molar-refractivity contribution < 1.29 is 37.3 Å². The van der Waals surface area contributed by atoms with E-state index in [1.165, 1.54) is 32.6 Å². The van der Waals surface area contributed by atoms with Crippen molar-refractivity contribution >= 4 is 11.9 Å². The van der Waals surface area contributed by atoms with Crippen LogP contribution in [0, 0.1) is 5.92 Å². The number of halogens is 3. The Bertz CT molecular complexity index is 1300. The third-order valence-electron chi connectivity index (χ3n) is 7.27. The number of hydrogen-bond acceptors (Lipinski definition) is 4. The normalized spacial score (nSPS) is 12.9. The average Bonchev–Trinajstić information content (AvgIpc) is 2.98. The largest absolute Gasteiger partial charge is 0.494 e. The highest BCUT2D eigenvalue weighted by atomic mass is 19.4. The fourth-order valence-corrected chi connectivity index (χ4v) is 4.53. The van der Waals surface area contributed by atoms with Gasteiger partial charge in [0, 0.05) is 5.56 Å². The highest BCUT2D eigenvalue weighted by molar-refractivity contribution is 5.96. The van der Waals surface area contributed by atoms with Crippen LogP contribution in [0.3, 0.4) is 0 Å². The van der Waals surface area contributed by atoms with E-state index in [2.05, 4.69) is 6.92 Å². The molecule has 0 fully saturated rings. The molecule has 0 aliphatic rings. The fourth-order valence-electron chi connectivity index (χ4n) is 4.53. The first-order valence-electron chi connectivity index (χ1n) is 14.5. The van der Waals surface area contributed by atoms with Gasteiger partial charge < -0.3 is 14.6 Å². The lowest BCUT2D eigenvalue weighted by Crippen LogP contribution is -2.28. The lowest BCUT2D eigenvalue weighted by molar-refractivity contribution is -0.226. The maximum atomic E-state index is 13.9. The fraction of sp³-hybridized carbons (Fsp3) is 0.412. The van der Waals surface area contributed by atoms with Crippen LogP contribution < -0.4 is 4.74 Å². The van der Waals surface area contributed by atoms with Crippen molar-refractivity contribution in [1.29, 1.82) is 0 Å². The van der Waals surface area contributed by atoms with Crippen LogP contribution in [0.25, 0.3) is 22.3 Å². The summed E-state index contributed by atoms with van der Waals surface area (Å²) in [7, 11) is 0. The van der Waals surface area contributed by atoms with Gasteiger partial charge in [0.25, 0.3) is 0 Å². The molecule has 3 aromatic carbocycles. The maximum absolute atomic E-state index is 13.9. The number of benzene rings is 3. The predicted molar refractivity (Wildman–Crippen MR) is 157 cm³/mol. The Balaban J connectivity index is 1.78.